The van der Waals surface area contributed by atoms with Gasteiger partial charge in [-0.3, -0.25) is 9.59 Å². The topological polar surface area (TPSA) is 231 Å². The number of carbonyl (C=O) groups excluding carboxylic acids is 2. The molecule has 0 aromatic carbocycles. The quantitative estimate of drug-likeness (QED) is 0.0145. The molecule has 1 aliphatic rings. The Hall–Kier alpha value is -2.43. The predicted octanol–water partition coefficient (Wildman–Crippen LogP) is 4.01. The average molecular weight is 874 g/mol. The number of rotatable bonds is 37. The largest absolute Gasteiger partial charge is 0.399 e. The summed E-state index contributed by atoms with van der Waals surface area (Å²) in [6, 6.07) is 0. The number of thioether (sulfide) groups is 1. The van der Waals surface area contributed by atoms with E-state index >= 15 is 0 Å². The molecule has 60 heavy (non-hydrogen) atoms. The van der Waals surface area contributed by atoms with Crippen molar-refractivity contribution in [2.24, 2.45) is 11.6 Å². The highest BCUT2D eigenvalue weighted by Gasteiger charge is 2.43. The zero-order valence-corrected chi connectivity index (χ0v) is 37.7. The fourth-order valence-electron chi connectivity index (χ4n) is 6.09. The fraction of sp³-hybridized carbons (Fsp3) is 0.818. The van der Waals surface area contributed by atoms with E-state index in [0.29, 0.717) is 44.2 Å². The second kappa shape index (κ2) is 41.9. The van der Waals surface area contributed by atoms with Crippen LogP contribution in [0.5, 0.6) is 0 Å². The Morgan fingerprint density at radius 1 is 0.750 bits per heavy atom. The van der Waals surface area contributed by atoms with Gasteiger partial charge in [-0.25, -0.2) is 5.84 Å². The number of hydrazine groups is 1. The number of nitrogens with one attached hydrogen (secondary N) is 2. The molecule has 350 valence electrons. The SMILES string of the molecule is C=C.CCCCCCCCCCCCC#CCCCCCCCCC(=O)NC/C(N)=C/N(N)CCOCCOCCOCC(=O)NCCSC1OC(CO)C(O)C(O)C1O. The van der Waals surface area contributed by atoms with Gasteiger partial charge in [0.1, 0.15) is 36.5 Å². The summed E-state index contributed by atoms with van der Waals surface area (Å²) in [4.78, 5) is 24.2. The molecule has 5 unspecified atom stereocenters. The summed E-state index contributed by atoms with van der Waals surface area (Å²) >= 11 is 1.15. The summed E-state index contributed by atoms with van der Waals surface area (Å²) in [6.07, 6.45) is 19.2. The molecule has 0 radical (unpaired) electrons. The van der Waals surface area contributed by atoms with Crippen molar-refractivity contribution in [1.82, 2.24) is 15.6 Å². The molecule has 10 N–H and O–H groups in total. The maximum absolute atomic E-state index is 12.2. The smallest absolute Gasteiger partial charge is 0.246 e. The average Bonchev–Trinajstić information content (AvgIpc) is 3.24. The molecule has 0 bridgehead atoms. The van der Waals surface area contributed by atoms with Crippen molar-refractivity contribution in [1.29, 1.82) is 0 Å². The number of hydrogen-bond donors (Lipinski definition) is 8. The third-order valence-corrected chi connectivity index (χ3v) is 10.7. The molecular weight excluding hydrogens is 791 g/mol. The van der Waals surface area contributed by atoms with Crippen LogP contribution in [0.15, 0.2) is 25.1 Å². The van der Waals surface area contributed by atoms with Crippen molar-refractivity contribution in [2.75, 3.05) is 71.6 Å². The third kappa shape index (κ3) is 33.2. The van der Waals surface area contributed by atoms with Crippen LogP contribution in [-0.2, 0) is 28.5 Å². The zero-order chi connectivity index (χ0) is 44.5. The summed E-state index contributed by atoms with van der Waals surface area (Å²) < 4.78 is 21.7. The van der Waals surface area contributed by atoms with Gasteiger partial charge in [-0.2, -0.15) is 0 Å². The summed E-state index contributed by atoms with van der Waals surface area (Å²) in [7, 11) is 0. The molecular formula is C44H83N5O10S. The molecule has 2 amide bonds. The Morgan fingerprint density at radius 2 is 1.28 bits per heavy atom. The number of aliphatic hydroxyl groups excluding tert-OH is 4. The number of unbranched alkanes of at least 4 members (excludes halogenated alkanes) is 16. The highest BCUT2D eigenvalue weighted by atomic mass is 32.2. The summed E-state index contributed by atoms with van der Waals surface area (Å²) in [6.45, 7) is 10.1. The molecule has 1 aliphatic heterocycles. The molecule has 0 aromatic rings. The zero-order valence-electron chi connectivity index (χ0n) is 36.8. The van der Waals surface area contributed by atoms with Crippen LogP contribution in [0.3, 0.4) is 0 Å². The lowest BCUT2D eigenvalue weighted by Gasteiger charge is -2.39. The van der Waals surface area contributed by atoms with Gasteiger partial charge in [0.15, 0.2) is 0 Å². The van der Waals surface area contributed by atoms with Crippen LogP contribution in [0, 0.1) is 11.8 Å². The molecule has 5 atom stereocenters. The van der Waals surface area contributed by atoms with E-state index in [0.717, 1.165) is 50.3 Å². The predicted molar refractivity (Wildman–Crippen MR) is 240 cm³/mol. The maximum Gasteiger partial charge on any atom is 0.246 e. The third-order valence-electron chi connectivity index (χ3n) is 9.58. The van der Waals surface area contributed by atoms with E-state index in [1.54, 1.807) is 6.20 Å². The Balaban J connectivity index is 0.0000171. The molecule has 0 aromatic heterocycles. The van der Waals surface area contributed by atoms with Crippen LogP contribution >= 0.6 is 11.8 Å². The molecule has 1 heterocycles. The highest BCUT2D eigenvalue weighted by Crippen LogP contribution is 2.28. The molecule has 1 saturated heterocycles. The summed E-state index contributed by atoms with van der Waals surface area (Å²) in [5.74, 6) is 12.7. The van der Waals surface area contributed by atoms with Gasteiger partial charge in [0.25, 0.3) is 0 Å². The molecule has 15 nitrogen and oxygen atoms in total. The van der Waals surface area contributed by atoms with Gasteiger partial charge in [-0.1, -0.05) is 90.4 Å². The van der Waals surface area contributed by atoms with E-state index in [-0.39, 0.29) is 44.7 Å². The number of nitrogens with zero attached hydrogens (tertiary/aromatic N) is 1. The van der Waals surface area contributed by atoms with Crippen LogP contribution in [0.4, 0.5) is 0 Å². The minimum atomic E-state index is -1.43. The Kier molecular flexibility index (Phi) is 40.2. The lowest BCUT2D eigenvalue weighted by molar-refractivity contribution is -0.205. The van der Waals surface area contributed by atoms with Gasteiger partial charge in [0, 0.05) is 43.5 Å². The van der Waals surface area contributed by atoms with E-state index in [9.17, 15) is 30.0 Å². The van der Waals surface area contributed by atoms with Crippen LogP contribution in [-0.4, -0.2) is 139 Å². The van der Waals surface area contributed by atoms with Crippen molar-refractivity contribution in [3.8, 4) is 11.8 Å². The Labute approximate surface area is 366 Å². The monoisotopic (exact) mass is 874 g/mol. The first-order valence-corrected chi connectivity index (χ1v) is 23.4. The first-order chi connectivity index (χ1) is 29.2. The number of nitrogens with two attached hydrogens (primary N) is 2. The van der Waals surface area contributed by atoms with Gasteiger partial charge in [-0.15, -0.1) is 36.8 Å². The lowest BCUT2D eigenvalue weighted by Crippen LogP contribution is -2.57. The standard InChI is InChI=1S/C42H79N5O10S.C2H4/c1-2-3-4-5-6-7-8-9-10-11-12-13-14-15-16-17-18-19-20-21-22-37(49)46-31-35(43)32-47(44)24-25-54-26-27-55-28-29-56-34-38(50)45-23-30-58-42-41(53)40(52)39(51)36(33-48)57-42;1-2/h32,36,39-42,48,51-53H,2-12,15-31,33-34,43-44H2,1H3,(H,45,50)(H,46,49);1-2H2/b35-32-;. The number of hydrogen-bond acceptors (Lipinski definition) is 14. The summed E-state index contributed by atoms with van der Waals surface area (Å²) in [5, 5.41) is 45.9. The Bertz CT molecular complexity index is 1130. The van der Waals surface area contributed by atoms with Gasteiger partial charge in [-0.05, 0) is 19.3 Å². The van der Waals surface area contributed by atoms with Crippen molar-refractivity contribution in [2.45, 2.75) is 159 Å². The van der Waals surface area contributed by atoms with Gasteiger partial charge in [0.2, 0.25) is 11.8 Å². The van der Waals surface area contributed by atoms with E-state index in [2.05, 4.69) is 42.6 Å². The van der Waals surface area contributed by atoms with Crippen LogP contribution in [0.2, 0.25) is 0 Å². The van der Waals surface area contributed by atoms with Gasteiger partial charge >= 0.3 is 0 Å². The molecule has 0 aliphatic carbocycles. The molecule has 1 rings (SSSR count). The van der Waals surface area contributed by atoms with Crippen molar-refractivity contribution >= 4 is 23.6 Å². The normalized spacial score (nSPS) is 18.8. The minimum Gasteiger partial charge on any atom is -0.399 e. The number of aliphatic hydroxyl groups is 4. The van der Waals surface area contributed by atoms with Crippen molar-refractivity contribution < 1.29 is 49.0 Å². The lowest BCUT2D eigenvalue weighted by atomic mass is 10.0. The maximum atomic E-state index is 12.2. The van der Waals surface area contributed by atoms with E-state index in [1.165, 1.54) is 82.1 Å². The van der Waals surface area contributed by atoms with Crippen molar-refractivity contribution in [3.05, 3.63) is 25.1 Å². The first-order valence-electron chi connectivity index (χ1n) is 22.3. The minimum absolute atomic E-state index is 0.0168. The van der Waals surface area contributed by atoms with E-state index in [4.69, 9.17) is 30.5 Å². The van der Waals surface area contributed by atoms with Gasteiger partial charge in [0.05, 0.1) is 52.7 Å². The number of ether oxygens (including phenoxy) is 4. The fourth-order valence-corrected chi connectivity index (χ4v) is 7.12. The molecule has 0 saturated carbocycles. The molecule has 16 heteroatoms. The van der Waals surface area contributed by atoms with Crippen LogP contribution in [0.25, 0.3) is 0 Å². The van der Waals surface area contributed by atoms with Crippen LogP contribution < -0.4 is 22.2 Å². The van der Waals surface area contributed by atoms with E-state index in [1.807, 2.05) is 0 Å². The van der Waals surface area contributed by atoms with Crippen LogP contribution in [0.1, 0.15) is 129 Å². The highest BCUT2D eigenvalue weighted by molar-refractivity contribution is 7.99. The second-order valence-corrected chi connectivity index (χ2v) is 16.0. The summed E-state index contributed by atoms with van der Waals surface area (Å²) in [5.41, 5.74) is 5.63. The first kappa shape index (κ1) is 57.6. The van der Waals surface area contributed by atoms with E-state index < -0.39 is 36.5 Å². The van der Waals surface area contributed by atoms with Gasteiger partial charge < -0.3 is 60.7 Å². The number of amides is 2. The number of carbonyl (C=O) groups is 2. The second-order valence-electron chi connectivity index (χ2n) is 14.8. The van der Waals surface area contributed by atoms with Crippen molar-refractivity contribution in [3.63, 3.8) is 0 Å². The molecule has 0 spiro atoms. The molecule has 1 fully saturated rings. The Morgan fingerprint density at radius 3 is 1.87 bits per heavy atom.